The van der Waals surface area contributed by atoms with Crippen molar-refractivity contribution >= 4 is 0 Å². The highest BCUT2D eigenvalue weighted by molar-refractivity contribution is 5.66. The number of ether oxygens (including phenoxy) is 1. The monoisotopic (exact) mass is 281 g/mol. The second kappa shape index (κ2) is 5.25. The van der Waals surface area contributed by atoms with Crippen LogP contribution < -0.4 is 4.74 Å². The van der Waals surface area contributed by atoms with Gasteiger partial charge in [0, 0.05) is 18.3 Å². The number of rotatable bonds is 3. The minimum atomic E-state index is -4.79. The molecule has 0 aliphatic rings. The van der Waals surface area contributed by atoms with Gasteiger partial charge >= 0.3 is 6.36 Å². The smallest absolute Gasteiger partial charge is 0.406 e. The summed E-state index contributed by atoms with van der Waals surface area (Å²) in [6.45, 7) is 2.53. The molecule has 0 amide bonds. The van der Waals surface area contributed by atoms with E-state index in [0.717, 1.165) is 6.07 Å². The lowest BCUT2D eigenvalue weighted by Gasteiger charge is -2.10. The summed E-state index contributed by atoms with van der Waals surface area (Å²) in [6.07, 6.45) is -1.58. The summed E-state index contributed by atoms with van der Waals surface area (Å²) in [5.74, 6) is -0.421. The molecule has 0 unspecified atom stereocenters. The zero-order chi connectivity index (χ0) is 14.8. The van der Waals surface area contributed by atoms with Crippen LogP contribution in [0.1, 0.15) is 12.5 Å². The van der Waals surface area contributed by atoms with Crippen molar-refractivity contribution < 1.29 is 17.9 Å². The first-order valence-corrected chi connectivity index (χ1v) is 5.75. The van der Waals surface area contributed by atoms with Gasteiger partial charge in [-0.15, -0.1) is 13.2 Å². The van der Waals surface area contributed by atoms with E-state index in [0.29, 0.717) is 17.7 Å². The third-order valence-electron chi connectivity index (χ3n) is 2.56. The lowest BCUT2D eigenvalue weighted by Crippen LogP contribution is -2.17. The molecule has 0 saturated heterocycles. The first-order chi connectivity index (χ1) is 9.41. The molecule has 7 heteroatoms. The van der Waals surface area contributed by atoms with Crippen LogP contribution in [0.3, 0.4) is 0 Å². The number of aromatic nitrogens is 2. The number of nitrogens with zero attached hydrogens (tertiary/aromatic N) is 3. The second-order valence-corrected chi connectivity index (χ2v) is 3.99. The predicted octanol–water partition coefficient (Wildman–Crippen LogP) is 3.34. The summed E-state index contributed by atoms with van der Waals surface area (Å²) in [6, 6.07) is 5.57. The molecule has 1 heterocycles. The van der Waals surface area contributed by atoms with E-state index in [4.69, 9.17) is 5.26 Å². The minimum Gasteiger partial charge on any atom is -0.406 e. The molecule has 0 spiro atoms. The topological polar surface area (TPSA) is 50.8 Å². The molecular formula is C13H10F3N3O. The molecule has 1 aromatic carbocycles. The maximum atomic E-state index is 12.2. The normalized spacial score (nSPS) is 11.2. The molecule has 0 radical (unpaired) electrons. The van der Waals surface area contributed by atoms with Crippen molar-refractivity contribution in [1.82, 2.24) is 9.78 Å². The minimum absolute atomic E-state index is 0.0889. The molecule has 20 heavy (non-hydrogen) atoms. The fourth-order valence-corrected chi connectivity index (χ4v) is 1.71. The second-order valence-electron chi connectivity index (χ2n) is 3.99. The molecule has 0 aliphatic heterocycles. The number of alkyl halides is 3. The number of hydrogen-bond acceptors (Lipinski definition) is 3. The first-order valence-electron chi connectivity index (χ1n) is 5.75. The van der Waals surface area contributed by atoms with Gasteiger partial charge in [-0.2, -0.15) is 10.4 Å². The Kier molecular flexibility index (Phi) is 3.66. The third-order valence-corrected chi connectivity index (χ3v) is 2.56. The van der Waals surface area contributed by atoms with Gasteiger partial charge in [0.2, 0.25) is 0 Å². The summed E-state index contributed by atoms with van der Waals surface area (Å²) in [5, 5.41) is 12.9. The van der Waals surface area contributed by atoms with Crippen LogP contribution in [0, 0.1) is 11.3 Å². The Labute approximate surface area is 113 Å². The van der Waals surface area contributed by atoms with Crippen LogP contribution in [0.2, 0.25) is 0 Å². The lowest BCUT2D eigenvalue weighted by molar-refractivity contribution is -0.274. The van der Waals surface area contributed by atoms with Crippen LogP contribution >= 0.6 is 0 Å². The van der Waals surface area contributed by atoms with Crippen molar-refractivity contribution in [2.24, 2.45) is 0 Å². The van der Waals surface area contributed by atoms with Gasteiger partial charge in [-0.25, -0.2) is 0 Å². The Balaban J connectivity index is 2.43. The van der Waals surface area contributed by atoms with Crippen LogP contribution in [0.4, 0.5) is 13.2 Å². The molecule has 104 valence electrons. The van der Waals surface area contributed by atoms with Crippen molar-refractivity contribution in [2.75, 3.05) is 0 Å². The van der Waals surface area contributed by atoms with Gasteiger partial charge in [0.15, 0.2) is 0 Å². The van der Waals surface area contributed by atoms with Crippen molar-refractivity contribution in [2.45, 2.75) is 19.8 Å². The van der Waals surface area contributed by atoms with Crippen molar-refractivity contribution in [3.05, 3.63) is 36.2 Å². The summed E-state index contributed by atoms with van der Waals surface area (Å²) in [7, 11) is 0. The SMILES string of the molecule is CCn1cc(-c2cc(C#N)cc(OC(F)(F)F)c2)cn1. The Morgan fingerprint density at radius 3 is 2.60 bits per heavy atom. The summed E-state index contributed by atoms with van der Waals surface area (Å²) in [4.78, 5) is 0. The molecule has 2 aromatic rings. The maximum absolute atomic E-state index is 12.2. The van der Waals surface area contributed by atoms with E-state index < -0.39 is 12.1 Å². The quantitative estimate of drug-likeness (QED) is 0.867. The zero-order valence-corrected chi connectivity index (χ0v) is 10.5. The van der Waals surface area contributed by atoms with E-state index in [1.807, 2.05) is 13.0 Å². The van der Waals surface area contributed by atoms with E-state index >= 15 is 0 Å². The van der Waals surface area contributed by atoms with Crippen LogP contribution in [0.5, 0.6) is 5.75 Å². The van der Waals surface area contributed by atoms with Gasteiger partial charge in [-0.05, 0) is 30.7 Å². The Morgan fingerprint density at radius 2 is 2.05 bits per heavy atom. The van der Waals surface area contributed by atoms with E-state index in [1.54, 1.807) is 10.9 Å². The number of benzene rings is 1. The standard InChI is InChI=1S/C13H10F3N3O/c1-2-19-8-11(7-18-19)10-3-9(6-17)4-12(5-10)20-13(14,15)16/h3-5,7-8H,2H2,1H3. The zero-order valence-electron chi connectivity index (χ0n) is 10.5. The molecule has 1 aromatic heterocycles. The van der Waals surface area contributed by atoms with Crippen molar-refractivity contribution in [3.8, 4) is 22.9 Å². The summed E-state index contributed by atoms with van der Waals surface area (Å²) >= 11 is 0. The van der Waals surface area contributed by atoms with E-state index in [-0.39, 0.29) is 5.56 Å². The van der Waals surface area contributed by atoms with Gasteiger partial charge in [0.1, 0.15) is 5.75 Å². The largest absolute Gasteiger partial charge is 0.573 e. The Hall–Kier alpha value is -2.49. The van der Waals surface area contributed by atoms with Crippen LogP contribution in [-0.4, -0.2) is 16.1 Å². The van der Waals surface area contributed by atoms with Gasteiger partial charge < -0.3 is 4.74 Å². The molecule has 0 N–H and O–H groups in total. The molecule has 0 fully saturated rings. The predicted molar refractivity (Wildman–Crippen MR) is 64.7 cm³/mol. The number of hydrogen-bond donors (Lipinski definition) is 0. The molecule has 4 nitrogen and oxygen atoms in total. The lowest BCUT2D eigenvalue weighted by atomic mass is 10.1. The fraction of sp³-hybridized carbons (Fsp3) is 0.231. The number of nitriles is 1. The molecular weight excluding hydrogens is 271 g/mol. The van der Waals surface area contributed by atoms with Crippen LogP contribution in [0.25, 0.3) is 11.1 Å². The van der Waals surface area contributed by atoms with Gasteiger partial charge in [-0.3, -0.25) is 4.68 Å². The molecule has 0 aliphatic carbocycles. The van der Waals surface area contributed by atoms with Gasteiger partial charge in [0.25, 0.3) is 0 Å². The van der Waals surface area contributed by atoms with Crippen LogP contribution in [-0.2, 0) is 6.54 Å². The number of aryl methyl sites for hydroxylation is 1. The van der Waals surface area contributed by atoms with Gasteiger partial charge in [-0.1, -0.05) is 0 Å². The molecule has 0 bridgehead atoms. The summed E-state index contributed by atoms with van der Waals surface area (Å²) in [5.41, 5.74) is 1.16. The van der Waals surface area contributed by atoms with Crippen molar-refractivity contribution in [3.63, 3.8) is 0 Å². The average molecular weight is 281 g/mol. The average Bonchev–Trinajstić information content (AvgIpc) is 2.85. The van der Waals surface area contributed by atoms with E-state index in [9.17, 15) is 13.2 Å². The Bertz CT molecular complexity index is 656. The number of halogens is 3. The molecule has 2 rings (SSSR count). The van der Waals surface area contributed by atoms with Crippen LogP contribution in [0.15, 0.2) is 30.6 Å². The van der Waals surface area contributed by atoms with E-state index in [1.165, 1.54) is 18.3 Å². The Morgan fingerprint density at radius 1 is 1.30 bits per heavy atom. The highest BCUT2D eigenvalue weighted by Gasteiger charge is 2.31. The highest BCUT2D eigenvalue weighted by atomic mass is 19.4. The van der Waals surface area contributed by atoms with E-state index in [2.05, 4.69) is 9.84 Å². The highest BCUT2D eigenvalue weighted by Crippen LogP contribution is 2.29. The third kappa shape index (κ3) is 3.29. The van der Waals surface area contributed by atoms with Gasteiger partial charge in [0.05, 0.1) is 17.8 Å². The van der Waals surface area contributed by atoms with Crippen molar-refractivity contribution in [1.29, 1.82) is 5.26 Å². The summed E-state index contributed by atoms with van der Waals surface area (Å²) < 4.78 is 42.2. The fourth-order valence-electron chi connectivity index (χ4n) is 1.71. The molecule has 0 saturated carbocycles. The molecule has 0 atom stereocenters. The maximum Gasteiger partial charge on any atom is 0.573 e. The first kappa shape index (κ1) is 13.9.